The third-order valence-corrected chi connectivity index (χ3v) is 3.61. The average molecular weight is 269 g/mol. The highest BCUT2D eigenvalue weighted by Crippen LogP contribution is 2.21. The van der Waals surface area contributed by atoms with Crippen LogP contribution in [-0.2, 0) is 11.3 Å². The van der Waals surface area contributed by atoms with Gasteiger partial charge in [-0.25, -0.2) is 0 Å². The van der Waals surface area contributed by atoms with Crippen molar-refractivity contribution in [3.63, 3.8) is 0 Å². The summed E-state index contributed by atoms with van der Waals surface area (Å²) in [7, 11) is 0. The number of benzene rings is 1. The number of nitrogens with one attached hydrogen (secondary N) is 1. The van der Waals surface area contributed by atoms with Crippen LogP contribution in [0.1, 0.15) is 12.8 Å². The molecule has 0 aliphatic carbocycles. The molecule has 1 saturated heterocycles. The van der Waals surface area contributed by atoms with E-state index in [1.165, 1.54) is 18.5 Å². The highest BCUT2D eigenvalue weighted by atomic mass is 16.1. The van der Waals surface area contributed by atoms with Crippen molar-refractivity contribution in [1.29, 1.82) is 0 Å². The normalized spacial score (nSPS) is 14.5. The van der Waals surface area contributed by atoms with E-state index >= 15 is 0 Å². The van der Waals surface area contributed by atoms with Gasteiger partial charge in [-0.15, -0.1) is 0 Å². The molecular weight excluding hydrogens is 250 g/mol. The van der Waals surface area contributed by atoms with Gasteiger partial charge >= 0.3 is 0 Å². The van der Waals surface area contributed by atoms with Gasteiger partial charge in [0, 0.05) is 36.9 Å². The van der Waals surface area contributed by atoms with Crippen molar-refractivity contribution in [3.05, 3.63) is 48.8 Å². The van der Waals surface area contributed by atoms with E-state index in [1.807, 2.05) is 41.2 Å². The number of amides is 1. The molecule has 0 spiro atoms. The number of nitrogens with zero attached hydrogens (tertiary/aromatic N) is 2. The predicted octanol–water partition coefficient (Wildman–Crippen LogP) is 2.73. The molecular formula is C16H19N3O. The summed E-state index contributed by atoms with van der Waals surface area (Å²) in [5.41, 5.74) is 2.09. The second-order valence-electron chi connectivity index (χ2n) is 5.14. The van der Waals surface area contributed by atoms with Gasteiger partial charge in [-0.05, 0) is 49.2 Å². The van der Waals surface area contributed by atoms with Crippen molar-refractivity contribution < 1.29 is 4.79 Å². The number of carbonyl (C=O) groups excluding carboxylic acids is 1. The van der Waals surface area contributed by atoms with Crippen LogP contribution in [0.3, 0.4) is 0 Å². The van der Waals surface area contributed by atoms with Crippen molar-refractivity contribution in [2.24, 2.45) is 0 Å². The molecule has 0 radical (unpaired) electrons. The summed E-state index contributed by atoms with van der Waals surface area (Å²) < 4.78 is 1.86. The van der Waals surface area contributed by atoms with Crippen molar-refractivity contribution in [2.75, 3.05) is 23.3 Å². The molecule has 0 saturated carbocycles. The Labute approximate surface area is 119 Å². The molecule has 1 aliphatic heterocycles. The zero-order valence-corrected chi connectivity index (χ0v) is 11.5. The van der Waals surface area contributed by atoms with E-state index in [4.69, 9.17) is 0 Å². The molecule has 2 aromatic rings. The van der Waals surface area contributed by atoms with Crippen LogP contribution < -0.4 is 10.2 Å². The van der Waals surface area contributed by atoms with Gasteiger partial charge in [0.2, 0.25) is 5.91 Å². The van der Waals surface area contributed by atoms with E-state index in [0.29, 0.717) is 6.54 Å². The van der Waals surface area contributed by atoms with E-state index < -0.39 is 0 Å². The first kappa shape index (κ1) is 12.8. The van der Waals surface area contributed by atoms with Crippen LogP contribution in [0.15, 0.2) is 48.8 Å². The fourth-order valence-corrected chi connectivity index (χ4v) is 2.57. The first-order valence-electron chi connectivity index (χ1n) is 7.07. The summed E-state index contributed by atoms with van der Waals surface area (Å²) in [5.74, 6) is -0.00452. The van der Waals surface area contributed by atoms with Gasteiger partial charge in [0.05, 0.1) is 0 Å². The van der Waals surface area contributed by atoms with Crippen LogP contribution in [-0.4, -0.2) is 23.6 Å². The molecule has 4 heteroatoms. The monoisotopic (exact) mass is 269 g/mol. The molecule has 1 aliphatic rings. The minimum Gasteiger partial charge on any atom is -0.372 e. The SMILES string of the molecule is O=C(Cn1cccc1)Nc1ccc(N2CCCC2)cc1. The average Bonchev–Trinajstić information content (AvgIpc) is 3.12. The molecule has 4 nitrogen and oxygen atoms in total. The van der Waals surface area contributed by atoms with Crippen LogP contribution >= 0.6 is 0 Å². The van der Waals surface area contributed by atoms with Crippen LogP contribution in [0.5, 0.6) is 0 Å². The lowest BCUT2D eigenvalue weighted by Gasteiger charge is -2.17. The lowest BCUT2D eigenvalue weighted by Crippen LogP contribution is -2.19. The third-order valence-electron chi connectivity index (χ3n) is 3.61. The highest BCUT2D eigenvalue weighted by molar-refractivity contribution is 5.90. The number of hydrogen-bond donors (Lipinski definition) is 1. The number of hydrogen-bond acceptors (Lipinski definition) is 2. The zero-order chi connectivity index (χ0) is 13.8. The van der Waals surface area contributed by atoms with E-state index in [0.717, 1.165) is 18.8 Å². The Morgan fingerprint density at radius 2 is 1.70 bits per heavy atom. The maximum Gasteiger partial charge on any atom is 0.244 e. The largest absolute Gasteiger partial charge is 0.372 e. The first-order valence-corrected chi connectivity index (χ1v) is 7.07. The Hall–Kier alpha value is -2.23. The van der Waals surface area contributed by atoms with Gasteiger partial charge in [-0.2, -0.15) is 0 Å². The fraction of sp³-hybridized carbons (Fsp3) is 0.312. The lowest BCUT2D eigenvalue weighted by molar-refractivity contribution is -0.116. The summed E-state index contributed by atoms with van der Waals surface area (Å²) in [6, 6.07) is 11.9. The topological polar surface area (TPSA) is 37.3 Å². The minimum atomic E-state index is -0.00452. The summed E-state index contributed by atoms with van der Waals surface area (Å²) in [5, 5.41) is 2.92. The Bertz CT molecular complexity index is 554. The Kier molecular flexibility index (Phi) is 3.72. The van der Waals surface area contributed by atoms with Gasteiger partial charge in [-0.3, -0.25) is 4.79 Å². The molecule has 3 rings (SSSR count). The summed E-state index contributed by atoms with van der Waals surface area (Å²) in [6.07, 6.45) is 6.32. The van der Waals surface area contributed by atoms with Gasteiger partial charge in [0.15, 0.2) is 0 Å². The van der Waals surface area contributed by atoms with Crippen LogP contribution in [0.25, 0.3) is 0 Å². The van der Waals surface area contributed by atoms with E-state index in [2.05, 4.69) is 22.3 Å². The maximum absolute atomic E-state index is 11.9. The van der Waals surface area contributed by atoms with Crippen molar-refractivity contribution in [3.8, 4) is 0 Å². The number of rotatable bonds is 4. The molecule has 0 bridgehead atoms. The smallest absolute Gasteiger partial charge is 0.244 e. The second-order valence-corrected chi connectivity index (χ2v) is 5.14. The Morgan fingerprint density at radius 3 is 2.35 bits per heavy atom. The first-order chi connectivity index (χ1) is 9.81. The van der Waals surface area contributed by atoms with E-state index in [9.17, 15) is 4.79 Å². The van der Waals surface area contributed by atoms with E-state index in [1.54, 1.807) is 0 Å². The Morgan fingerprint density at radius 1 is 1.05 bits per heavy atom. The molecule has 1 amide bonds. The van der Waals surface area contributed by atoms with Crippen LogP contribution in [0.4, 0.5) is 11.4 Å². The molecule has 1 aromatic heterocycles. The maximum atomic E-state index is 11.9. The minimum absolute atomic E-state index is 0.00452. The summed E-state index contributed by atoms with van der Waals surface area (Å²) in [4.78, 5) is 14.3. The summed E-state index contributed by atoms with van der Waals surface area (Å²) >= 11 is 0. The molecule has 1 fully saturated rings. The predicted molar refractivity (Wildman–Crippen MR) is 81.0 cm³/mol. The molecule has 104 valence electrons. The van der Waals surface area contributed by atoms with Crippen molar-refractivity contribution in [1.82, 2.24) is 4.57 Å². The molecule has 20 heavy (non-hydrogen) atoms. The van der Waals surface area contributed by atoms with Gasteiger partial charge < -0.3 is 14.8 Å². The van der Waals surface area contributed by atoms with E-state index in [-0.39, 0.29) is 5.91 Å². The number of anilines is 2. The second kappa shape index (κ2) is 5.82. The number of aromatic nitrogens is 1. The van der Waals surface area contributed by atoms with Crippen LogP contribution in [0.2, 0.25) is 0 Å². The summed E-state index contributed by atoms with van der Waals surface area (Å²) in [6.45, 7) is 2.62. The van der Waals surface area contributed by atoms with Gasteiger partial charge in [0.25, 0.3) is 0 Å². The van der Waals surface area contributed by atoms with Gasteiger partial charge in [-0.1, -0.05) is 0 Å². The van der Waals surface area contributed by atoms with Crippen molar-refractivity contribution >= 4 is 17.3 Å². The standard InChI is InChI=1S/C16H19N3O/c20-16(13-18-9-1-2-10-18)17-14-5-7-15(8-6-14)19-11-3-4-12-19/h1-2,5-10H,3-4,11-13H2,(H,17,20). The lowest BCUT2D eigenvalue weighted by atomic mass is 10.2. The molecule has 1 aromatic carbocycles. The molecule has 0 atom stereocenters. The van der Waals surface area contributed by atoms with Crippen molar-refractivity contribution in [2.45, 2.75) is 19.4 Å². The Balaban J connectivity index is 1.58. The molecule has 2 heterocycles. The highest BCUT2D eigenvalue weighted by Gasteiger charge is 2.12. The third kappa shape index (κ3) is 3.02. The quantitative estimate of drug-likeness (QED) is 0.926. The fourth-order valence-electron chi connectivity index (χ4n) is 2.57. The molecule has 0 unspecified atom stereocenters. The zero-order valence-electron chi connectivity index (χ0n) is 11.5. The molecule has 1 N–H and O–H groups in total. The van der Waals surface area contributed by atoms with Gasteiger partial charge in [0.1, 0.15) is 6.54 Å². The number of carbonyl (C=O) groups is 1. The van der Waals surface area contributed by atoms with Crippen LogP contribution in [0, 0.1) is 0 Å².